The molecule has 1 heterocycles. The van der Waals surface area contributed by atoms with E-state index >= 15 is 0 Å². The summed E-state index contributed by atoms with van der Waals surface area (Å²) in [6, 6.07) is 0. The van der Waals surface area contributed by atoms with Gasteiger partial charge in [0.25, 0.3) is 20.2 Å². The van der Waals surface area contributed by atoms with Crippen molar-refractivity contribution in [2.75, 3.05) is 24.3 Å². The van der Waals surface area contributed by atoms with Crippen LogP contribution in [0, 0.1) is 0 Å². The smallest absolute Gasteiger partial charge is 0.264 e. The standard InChI is InChI=1S/C11H20Cl2O8S2/c1-11(2)18-9(7(5-12)20-22(3,14)15)10(19-11)8(6-13)21-23(4,16)17/h7-10H,5-6H2,1-4H3/t7-,8-,9+,10+/m1/s1. The fraction of sp³-hybridized carbons (Fsp3) is 1.00. The van der Waals surface area contributed by atoms with E-state index in [2.05, 4.69) is 0 Å². The van der Waals surface area contributed by atoms with E-state index in [0.29, 0.717) is 0 Å². The average Bonchev–Trinajstić information content (AvgIpc) is 2.67. The minimum atomic E-state index is -3.81. The Balaban J connectivity index is 3.10. The van der Waals surface area contributed by atoms with Crippen LogP contribution in [0.15, 0.2) is 0 Å². The molecule has 0 N–H and O–H groups in total. The van der Waals surface area contributed by atoms with E-state index in [1.165, 1.54) is 0 Å². The third kappa shape index (κ3) is 6.99. The molecule has 0 saturated carbocycles. The monoisotopic (exact) mass is 414 g/mol. The van der Waals surface area contributed by atoms with Crippen molar-refractivity contribution in [1.29, 1.82) is 0 Å². The summed E-state index contributed by atoms with van der Waals surface area (Å²) in [7, 11) is -7.63. The van der Waals surface area contributed by atoms with Crippen molar-refractivity contribution in [2.45, 2.75) is 44.1 Å². The predicted molar refractivity (Wildman–Crippen MR) is 84.7 cm³/mol. The van der Waals surface area contributed by atoms with Gasteiger partial charge in [-0.3, -0.25) is 8.37 Å². The summed E-state index contributed by atoms with van der Waals surface area (Å²) in [5, 5.41) is 0. The second kappa shape index (κ2) is 7.69. The number of ether oxygens (including phenoxy) is 2. The van der Waals surface area contributed by atoms with E-state index in [-0.39, 0.29) is 11.8 Å². The molecule has 0 spiro atoms. The molecule has 1 saturated heterocycles. The highest BCUT2D eigenvalue weighted by molar-refractivity contribution is 7.86. The topological polar surface area (TPSA) is 105 Å². The summed E-state index contributed by atoms with van der Waals surface area (Å²) in [5.74, 6) is -1.56. The molecule has 0 unspecified atom stereocenters. The fourth-order valence-corrected chi connectivity index (χ4v) is 4.06. The van der Waals surface area contributed by atoms with Gasteiger partial charge in [0.2, 0.25) is 0 Å². The van der Waals surface area contributed by atoms with Gasteiger partial charge in [-0.1, -0.05) is 0 Å². The molecule has 0 aromatic carbocycles. The van der Waals surface area contributed by atoms with E-state index in [1.54, 1.807) is 13.8 Å². The molecular formula is C11H20Cl2O8S2. The van der Waals surface area contributed by atoms with Crippen molar-refractivity contribution in [3.63, 3.8) is 0 Å². The van der Waals surface area contributed by atoms with E-state index in [9.17, 15) is 16.8 Å². The molecule has 1 rings (SSSR count). The van der Waals surface area contributed by atoms with Crippen LogP contribution >= 0.6 is 23.2 Å². The van der Waals surface area contributed by atoms with Crippen molar-refractivity contribution >= 4 is 43.4 Å². The lowest BCUT2D eigenvalue weighted by molar-refractivity contribution is -0.156. The lowest BCUT2D eigenvalue weighted by atomic mass is 10.1. The molecule has 0 radical (unpaired) electrons. The molecule has 0 aromatic rings. The lowest BCUT2D eigenvalue weighted by Gasteiger charge is -2.27. The largest absolute Gasteiger partial charge is 0.342 e. The van der Waals surface area contributed by atoms with Crippen LogP contribution in [0.4, 0.5) is 0 Å². The van der Waals surface area contributed by atoms with Crippen LogP contribution in [0.1, 0.15) is 13.8 Å². The maximum Gasteiger partial charge on any atom is 0.264 e. The van der Waals surface area contributed by atoms with E-state index < -0.39 is 50.4 Å². The predicted octanol–water partition coefficient (Wildman–Crippen LogP) is 0.674. The highest BCUT2D eigenvalue weighted by Crippen LogP contribution is 2.35. The Morgan fingerprint density at radius 2 is 1.22 bits per heavy atom. The first kappa shape index (κ1) is 21.4. The highest BCUT2D eigenvalue weighted by Gasteiger charge is 2.50. The first-order chi connectivity index (χ1) is 10.3. The van der Waals surface area contributed by atoms with Crippen molar-refractivity contribution in [1.82, 2.24) is 0 Å². The van der Waals surface area contributed by atoms with Crippen LogP contribution in [0.2, 0.25) is 0 Å². The zero-order valence-electron chi connectivity index (χ0n) is 13.1. The van der Waals surface area contributed by atoms with E-state index in [0.717, 1.165) is 12.5 Å². The average molecular weight is 415 g/mol. The Kier molecular flexibility index (Phi) is 7.14. The number of alkyl halides is 2. The van der Waals surface area contributed by atoms with Crippen LogP contribution in [-0.4, -0.2) is 71.3 Å². The molecule has 1 fully saturated rings. The highest BCUT2D eigenvalue weighted by atomic mass is 35.5. The van der Waals surface area contributed by atoms with Gasteiger partial charge < -0.3 is 9.47 Å². The minimum Gasteiger partial charge on any atom is -0.342 e. The van der Waals surface area contributed by atoms with Gasteiger partial charge in [0, 0.05) is 0 Å². The Hall–Kier alpha value is 0.320. The molecule has 12 heteroatoms. The molecule has 4 atom stereocenters. The number of hydrogen-bond acceptors (Lipinski definition) is 8. The van der Waals surface area contributed by atoms with Crippen LogP contribution in [0.5, 0.6) is 0 Å². The second-order valence-corrected chi connectivity index (χ2v) is 9.37. The molecule has 0 amide bonds. The maximum absolute atomic E-state index is 11.4. The minimum absolute atomic E-state index is 0.221. The molecule has 23 heavy (non-hydrogen) atoms. The fourth-order valence-electron chi connectivity index (χ4n) is 2.18. The summed E-state index contributed by atoms with van der Waals surface area (Å²) in [6.45, 7) is 3.16. The Morgan fingerprint density at radius 1 is 0.913 bits per heavy atom. The Morgan fingerprint density at radius 3 is 1.43 bits per heavy atom. The van der Waals surface area contributed by atoms with Gasteiger partial charge >= 0.3 is 0 Å². The molecular weight excluding hydrogens is 395 g/mol. The molecule has 1 aliphatic rings. The SMILES string of the molecule is CC1(C)O[C@@H]([C@@H](CCl)OS(C)(=O)=O)[C@H]([C@@H](CCl)OS(C)(=O)=O)O1. The molecule has 0 bridgehead atoms. The normalized spacial score (nSPS) is 27.7. The number of halogens is 2. The van der Waals surface area contributed by atoms with Crippen molar-refractivity contribution in [3.8, 4) is 0 Å². The zero-order valence-corrected chi connectivity index (χ0v) is 16.2. The van der Waals surface area contributed by atoms with Crippen molar-refractivity contribution in [3.05, 3.63) is 0 Å². The molecule has 1 aliphatic heterocycles. The molecule has 0 aliphatic carbocycles. The lowest BCUT2D eigenvalue weighted by Crippen LogP contribution is -2.47. The van der Waals surface area contributed by atoms with Crippen LogP contribution in [-0.2, 0) is 38.1 Å². The maximum atomic E-state index is 11.4. The Labute approximate surface area is 146 Å². The number of hydrogen-bond donors (Lipinski definition) is 0. The van der Waals surface area contributed by atoms with Gasteiger partial charge in [-0.05, 0) is 13.8 Å². The molecule has 0 aromatic heterocycles. The van der Waals surface area contributed by atoms with Gasteiger partial charge in [-0.15, -0.1) is 23.2 Å². The first-order valence-electron chi connectivity index (χ1n) is 6.52. The first-order valence-corrected chi connectivity index (χ1v) is 11.2. The zero-order chi connectivity index (χ0) is 18.1. The summed E-state index contributed by atoms with van der Waals surface area (Å²) < 4.78 is 66.5. The van der Waals surface area contributed by atoms with Gasteiger partial charge in [0.05, 0.1) is 24.3 Å². The van der Waals surface area contributed by atoms with Crippen LogP contribution in [0.3, 0.4) is 0 Å². The van der Waals surface area contributed by atoms with Crippen LogP contribution in [0.25, 0.3) is 0 Å². The van der Waals surface area contributed by atoms with Gasteiger partial charge in [0.15, 0.2) is 5.79 Å². The van der Waals surface area contributed by atoms with Crippen molar-refractivity contribution in [2.24, 2.45) is 0 Å². The Bertz CT molecular complexity index is 552. The van der Waals surface area contributed by atoms with E-state index in [1.807, 2.05) is 0 Å². The third-order valence-electron chi connectivity index (χ3n) is 2.80. The van der Waals surface area contributed by atoms with Crippen molar-refractivity contribution < 1.29 is 34.7 Å². The van der Waals surface area contributed by atoms with Gasteiger partial charge in [-0.2, -0.15) is 16.8 Å². The van der Waals surface area contributed by atoms with Gasteiger partial charge in [0.1, 0.15) is 24.4 Å². The number of rotatable bonds is 8. The van der Waals surface area contributed by atoms with Gasteiger partial charge in [-0.25, -0.2) is 0 Å². The molecule has 138 valence electrons. The second-order valence-electron chi connectivity index (χ2n) is 5.55. The van der Waals surface area contributed by atoms with E-state index in [4.69, 9.17) is 41.0 Å². The molecule has 8 nitrogen and oxygen atoms in total. The third-order valence-corrected chi connectivity index (χ3v) is 4.60. The summed E-state index contributed by atoms with van der Waals surface area (Å²) in [5.41, 5.74) is 0. The summed E-state index contributed by atoms with van der Waals surface area (Å²) in [4.78, 5) is 0. The summed E-state index contributed by atoms with van der Waals surface area (Å²) in [6.07, 6.45) is -2.41. The van der Waals surface area contributed by atoms with Crippen LogP contribution < -0.4 is 0 Å². The summed E-state index contributed by atoms with van der Waals surface area (Å²) >= 11 is 11.6. The quantitative estimate of drug-likeness (QED) is 0.421.